The Kier molecular flexibility index (Phi) is 12.3. The third-order valence-corrected chi connectivity index (χ3v) is 11.0. The summed E-state index contributed by atoms with van der Waals surface area (Å²) in [6, 6.07) is 26.5. The number of rotatable bonds is 14. The maximum Gasteiger partial charge on any atom is 0.264 e. The first kappa shape index (κ1) is 36.2. The Morgan fingerprint density at radius 3 is 2.22 bits per heavy atom. The Labute approximate surface area is 299 Å². The molecule has 2 amide bonds. The molecule has 1 saturated carbocycles. The number of benzene rings is 4. The fraction of sp³-hybridized carbons (Fsp3) is 0.316. The summed E-state index contributed by atoms with van der Waals surface area (Å²) in [7, 11) is -4.23. The highest BCUT2D eigenvalue weighted by molar-refractivity contribution is 7.92. The number of ether oxygens (including phenoxy) is 1. The van der Waals surface area contributed by atoms with Gasteiger partial charge in [-0.15, -0.1) is 0 Å². The highest BCUT2D eigenvalue weighted by Gasteiger charge is 2.36. The smallest absolute Gasteiger partial charge is 0.264 e. The summed E-state index contributed by atoms with van der Waals surface area (Å²) >= 11 is 12.8. The van der Waals surface area contributed by atoms with Crippen molar-refractivity contribution in [2.75, 3.05) is 17.5 Å². The number of hydrogen-bond donors (Lipinski definition) is 1. The van der Waals surface area contributed by atoms with Crippen LogP contribution in [0.2, 0.25) is 10.0 Å². The molecule has 0 aliphatic heterocycles. The Morgan fingerprint density at radius 1 is 0.918 bits per heavy atom. The molecule has 0 heterocycles. The molecular weight excluding hydrogens is 681 g/mol. The molecule has 1 aliphatic carbocycles. The zero-order valence-corrected chi connectivity index (χ0v) is 30.0. The Balaban J connectivity index is 1.58. The fourth-order valence-corrected chi connectivity index (χ4v) is 7.88. The van der Waals surface area contributed by atoms with Gasteiger partial charge >= 0.3 is 0 Å². The molecule has 1 N–H and O–H groups in total. The van der Waals surface area contributed by atoms with Crippen molar-refractivity contribution in [3.8, 4) is 5.75 Å². The molecule has 4 aromatic carbocycles. The van der Waals surface area contributed by atoms with Crippen molar-refractivity contribution in [2.45, 2.75) is 69.5 Å². The quantitative estimate of drug-likeness (QED) is 0.145. The van der Waals surface area contributed by atoms with Gasteiger partial charge in [0.1, 0.15) is 18.3 Å². The predicted octanol–water partition coefficient (Wildman–Crippen LogP) is 7.59. The van der Waals surface area contributed by atoms with E-state index in [-0.39, 0.29) is 35.5 Å². The molecule has 0 saturated heterocycles. The van der Waals surface area contributed by atoms with Gasteiger partial charge in [0.15, 0.2) is 0 Å². The molecule has 0 spiro atoms. The number of aryl methyl sites for hydroxylation is 1. The standard InChI is InChI=1S/C38H41Cl2N3O5S/c1-3-48-33-19-17-32(18-20-33)43(49(46,47)34-21-13-27(2)14-22-34)26-37(44)42(25-29-15-16-30(39)24-35(29)40)36(23-28-9-5-4-6-10-28)38(45)41-31-11-7-8-12-31/h4-6,9-10,13-22,24,31,36H,3,7-8,11-12,23,25-26H2,1-2H3,(H,41,45)/t36-/m0/s1. The summed E-state index contributed by atoms with van der Waals surface area (Å²) in [4.78, 5) is 30.4. The monoisotopic (exact) mass is 721 g/mol. The van der Waals surface area contributed by atoms with Crippen LogP contribution in [-0.4, -0.2) is 50.4 Å². The highest BCUT2D eigenvalue weighted by atomic mass is 35.5. The average Bonchev–Trinajstić information content (AvgIpc) is 3.60. The number of nitrogens with zero attached hydrogens (tertiary/aromatic N) is 2. The van der Waals surface area contributed by atoms with Crippen molar-refractivity contribution >= 4 is 50.7 Å². The van der Waals surface area contributed by atoms with Crippen LogP contribution in [0.1, 0.15) is 49.3 Å². The molecule has 49 heavy (non-hydrogen) atoms. The van der Waals surface area contributed by atoms with E-state index < -0.39 is 28.5 Å². The third-order valence-electron chi connectivity index (χ3n) is 8.65. The molecule has 1 atom stereocenters. The second kappa shape index (κ2) is 16.6. The van der Waals surface area contributed by atoms with Gasteiger partial charge in [0, 0.05) is 29.1 Å². The van der Waals surface area contributed by atoms with Crippen LogP contribution in [0, 0.1) is 6.92 Å². The van der Waals surface area contributed by atoms with Gasteiger partial charge in [-0.3, -0.25) is 13.9 Å². The molecule has 0 bridgehead atoms. The van der Waals surface area contributed by atoms with E-state index in [0.717, 1.165) is 41.1 Å². The first-order chi connectivity index (χ1) is 23.5. The summed E-state index contributed by atoms with van der Waals surface area (Å²) in [6.07, 6.45) is 3.97. The summed E-state index contributed by atoms with van der Waals surface area (Å²) in [6.45, 7) is 3.55. The van der Waals surface area contributed by atoms with Gasteiger partial charge in [-0.1, -0.05) is 90.1 Å². The third kappa shape index (κ3) is 9.35. The molecule has 258 valence electrons. The number of halogens is 2. The number of carbonyl (C=O) groups is 2. The van der Waals surface area contributed by atoms with Gasteiger partial charge in [0.05, 0.1) is 17.2 Å². The second-order valence-electron chi connectivity index (χ2n) is 12.2. The normalized spacial score (nSPS) is 13.9. The van der Waals surface area contributed by atoms with Crippen LogP contribution in [0.4, 0.5) is 5.69 Å². The van der Waals surface area contributed by atoms with Gasteiger partial charge in [-0.2, -0.15) is 0 Å². The van der Waals surface area contributed by atoms with Gasteiger partial charge in [0.2, 0.25) is 11.8 Å². The van der Waals surface area contributed by atoms with Crippen molar-refractivity contribution in [1.82, 2.24) is 10.2 Å². The van der Waals surface area contributed by atoms with E-state index in [9.17, 15) is 18.0 Å². The van der Waals surface area contributed by atoms with Crippen LogP contribution in [0.3, 0.4) is 0 Å². The van der Waals surface area contributed by atoms with Gasteiger partial charge in [0.25, 0.3) is 10.0 Å². The van der Waals surface area contributed by atoms with E-state index >= 15 is 0 Å². The molecule has 11 heteroatoms. The van der Waals surface area contributed by atoms with E-state index in [4.69, 9.17) is 27.9 Å². The zero-order chi connectivity index (χ0) is 35.0. The zero-order valence-electron chi connectivity index (χ0n) is 27.6. The topological polar surface area (TPSA) is 96.0 Å². The lowest BCUT2D eigenvalue weighted by molar-refractivity contribution is -0.140. The van der Waals surface area contributed by atoms with Gasteiger partial charge in [-0.05, 0) is 86.3 Å². The first-order valence-electron chi connectivity index (χ1n) is 16.4. The predicted molar refractivity (Wildman–Crippen MR) is 195 cm³/mol. The lowest BCUT2D eigenvalue weighted by atomic mass is 10.0. The number of hydrogen-bond acceptors (Lipinski definition) is 5. The maximum absolute atomic E-state index is 14.7. The molecule has 1 fully saturated rings. The molecule has 8 nitrogen and oxygen atoms in total. The number of anilines is 1. The number of amides is 2. The minimum atomic E-state index is -4.23. The first-order valence-corrected chi connectivity index (χ1v) is 18.6. The summed E-state index contributed by atoms with van der Waals surface area (Å²) < 4.78 is 35.3. The van der Waals surface area contributed by atoms with Crippen molar-refractivity contribution < 1.29 is 22.7 Å². The SMILES string of the molecule is CCOc1ccc(N(CC(=O)N(Cc2ccc(Cl)cc2Cl)[C@@H](Cc2ccccc2)C(=O)NC2CCCC2)S(=O)(=O)c2ccc(C)cc2)cc1. The average molecular weight is 723 g/mol. The summed E-state index contributed by atoms with van der Waals surface area (Å²) in [5, 5.41) is 3.93. The maximum atomic E-state index is 14.7. The largest absolute Gasteiger partial charge is 0.494 e. The van der Waals surface area contributed by atoms with Crippen molar-refractivity contribution in [3.05, 3.63) is 124 Å². The van der Waals surface area contributed by atoms with Gasteiger partial charge in [-0.25, -0.2) is 8.42 Å². The Bertz CT molecular complexity index is 1830. The van der Waals surface area contributed by atoms with Crippen molar-refractivity contribution in [3.63, 3.8) is 0 Å². The minimum Gasteiger partial charge on any atom is -0.494 e. The number of nitrogens with one attached hydrogen (secondary N) is 1. The molecule has 0 radical (unpaired) electrons. The molecule has 5 rings (SSSR count). The van der Waals surface area contributed by atoms with Crippen LogP contribution >= 0.6 is 23.2 Å². The van der Waals surface area contributed by atoms with E-state index in [1.807, 2.05) is 44.2 Å². The van der Waals surface area contributed by atoms with E-state index in [2.05, 4.69) is 5.32 Å². The number of carbonyl (C=O) groups excluding carboxylic acids is 2. The summed E-state index contributed by atoms with van der Waals surface area (Å²) in [5.41, 5.74) is 2.59. The number of sulfonamides is 1. The van der Waals surface area contributed by atoms with Gasteiger partial charge < -0.3 is 15.0 Å². The van der Waals surface area contributed by atoms with E-state index in [1.165, 1.54) is 17.0 Å². The van der Waals surface area contributed by atoms with Crippen LogP contribution < -0.4 is 14.4 Å². The van der Waals surface area contributed by atoms with Crippen LogP contribution in [0.15, 0.2) is 102 Å². The highest BCUT2D eigenvalue weighted by Crippen LogP contribution is 2.29. The molecular formula is C38H41Cl2N3O5S. The van der Waals surface area contributed by atoms with Crippen LogP contribution in [-0.2, 0) is 32.6 Å². The van der Waals surface area contributed by atoms with Crippen molar-refractivity contribution in [2.24, 2.45) is 0 Å². The molecule has 1 aliphatic rings. The van der Waals surface area contributed by atoms with Crippen molar-refractivity contribution in [1.29, 1.82) is 0 Å². The van der Waals surface area contributed by atoms with Crippen LogP contribution in [0.5, 0.6) is 5.75 Å². The lowest BCUT2D eigenvalue weighted by Gasteiger charge is -2.34. The molecule has 4 aromatic rings. The molecule has 0 unspecified atom stereocenters. The second-order valence-corrected chi connectivity index (χ2v) is 14.9. The summed E-state index contributed by atoms with van der Waals surface area (Å²) in [5.74, 6) is -0.308. The fourth-order valence-electron chi connectivity index (χ4n) is 6.00. The minimum absolute atomic E-state index is 0.00381. The molecule has 0 aromatic heterocycles. The van der Waals surface area contributed by atoms with Crippen LogP contribution in [0.25, 0.3) is 0 Å². The lowest BCUT2D eigenvalue weighted by Crippen LogP contribution is -2.54. The van der Waals surface area contributed by atoms with E-state index in [1.54, 1.807) is 54.6 Å². The van der Waals surface area contributed by atoms with E-state index in [0.29, 0.717) is 28.0 Å². The Morgan fingerprint density at radius 2 is 1.59 bits per heavy atom. The Hall–Kier alpha value is -4.05.